The zero-order chi connectivity index (χ0) is 13.8. The predicted molar refractivity (Wildman–Crippen MR) is 69.3 cm³/mol. The largest absolute Gasteiger partial charge is 0.493 e. The van der Waals surface area contributed by atoms with Gasteiger partial charge < -0.3 is 20.7 Å². The minimum Gasteiger partial charge on any atom is -0.493 e. The fraction of sp³-hybridized carbons (Fsp3) is 0.571. The first-order valence-corrected chi connectivity index (χ1v) is 6.60. The van der Waals surface area contributed by atoms with E-state index < -0.39 is 18.0 Å². The van der Waals surface area contributed by atoms with Gasteiger partial charge in [0.25, 0.3) is 0 Å². The summed E-state index contributed by atoms with van der Waals surface area (Å²) in [6.07, 6.45) is 0.340. The third kappa shape index (κ3) is 3.89. The van der Waals surface area contributed by atoms with Gasteiger partial charge in [-0.2, -0.15) is 0 Å². The second kappa shape index (κ2) is 6.32. The Morgan fingerprint density at radius 2 is 2.11 bits per heavy atom. The molecule has 4 nitrogen and oxygen atoms in total. The highest BCUT2D eigenvalue weighted by Crippen LogP contribution is 2.33. The molecule has 19 heavy (non-hydrogen) atoms. The summed E-state index contributed by atoms with van der Waals surface area (Å²) in [5.41, 5.74) is 5.62. The quantitative estimate of drug-likeness (QED) is 0.698. The molecule has 0 saturated heterocycles. The van der Waals surface area contributed by atoms with Crippen molar-refractivity contribution in [1.29, 1.82) is 0 Å². The van der Waals surface area contributed by atoms with Crippen molar-refractivity contribution in [3.8, 4) is 5.75 Å². The number of rotatable bonds is 7. The van der Waals surface area contributed by atoms with Crippen LogP contribution in [0.4, 0.5) is 4.39 Å². The van der Waals surface area contributed by atoms with Gasteiger partial charge in [0.1, 0.15) is 17.7 Å². The molecule has 0 amide bonds. The van der Waals surface area contributed by atoms with Crippen LogP contribution in [0.2, 0.25) is 0 Å². The van der Waals surface area contributed by atoms with E-state index in [-0.39, 0.29) is 18.5 Å². The summed E-state index contributed by atoms with van der Waals surface area (Å²) in [5.74, 6) is 0.522. The first-order chi connectivity index (χ1) is 9.11. The van der Waals surface area contributed by atoms with Gasteiger partial charge in [-0.3, -0.25) is 0 Å². The molecule has 5 heteroatoms. The Morgan fingerprint density at radius 3 is 2.74 bits per heavy atom. The molecule has 0 bridgehead atoms. The van der Waals surface area contributed by atoms with E-state index in [1.165, 1.54) is 18.2 Å². The van der Waals surface area contributed by atoms with Gasteiger partial charge in [0, 0.05) is 5.56 Å². The van der Waals surface area contributed by atoms with Crippen molar-refractivity contribution in [3.05, 3.63) is 29.6 Å². The van der Waals surface area contributed by atoms with Crippen molar-refractivity contribution in [2.75, 3.05) is 13.2 Å². The summed E-state index contributed by atoms with van der Waals surface area (Å²) in [4.78, 5) is 0. The Kier molecular flexibility index (Phi) is 4.74. The van der Waals surface area contributed by atoms with Gasteiger partial charge >= 0.3 is 0 Å². The van der Waals surface area contributed by atoms with Gasteiger partial charge in [-0.15, -0.1) is 0 Å². The normalized spacial score (nSPS) is 18.1. The van der Waals surface area contributed by atoms with Gasteiger partial charge in [0.2, 0.25) is 0 Å². The fourth-order valence-electron chi connectivity index (χ4n) is 1.91. The second-order valence-corrected chi connectivity index (χ2v) is 5.03. The van der Waals surface area contributed by atoms with E-state index in [0.717, 1.165) is 12.8 Å². The van der Waals surface area contributed by atoms with E-state index in [2.05, 4.69) is 0 Å². The number of nitrogens with two attached hydrogens (primary N) is 1. The number of aliphatic hydroxyl groups is 2. The summed E-state index contributed by atoms with van der Waals surface area (Å²) in [5, 5.41) is 19.8. The molecule has 0 aromatic heterocycles. The number of hydrogen-bond acceptors (Lipinski definition) is 4. The molecule has 0 aliphatic heterocycles. The Hall–Kier alpha value is -1.17. The second-order valence-electron chi connectivity index (χ2n) is 5.03. The first-order valence-electron chi connectivity index (χ1n) is 6.60. The number of ether oxygens (including phenoxy) is 1. The molecule has 1 saturated carbocycles. The molecule has 1 aromatic carbocycles. The van der Waals surface area contributed by atoms with Crippen LogP contribution < -0.4 is 10.5 Å². The molecule has 2 unspecified atom stereocenters. The summed E-state index contributed by atoms with van der Waals surface area (Å²) in [6, 6.07) is 3.98. The van der Waals surface area contributed by atoms with Crippen LogP contribution in [-0.4, -0.2) is 29.5 Å². The van der Waals surface area contributed by atoms with Gasteiger partial charge in [-0.1, -0.05) is 0 Å². The van der Waals surface area contributed by atoms with Crippen LogP contribution in [0, 0.1) is 11.7 Å². The maximum atomic E-state index is 13.3. The Bertz CT molecular complexity index is 423. The van der Waals surface area contributed by atoms with Crippen LogP contribution in [0.3, 0.4) is 0 Å². The van der Waals surface area contributed by atoms with Crippen molar-refractivity contribution in [1.82, 2.24) is 0 Å². The minimum atomic E-state index is -1.19. The van der Waals surface area contributed by atoms with E-state index in [0.29, 0.717) is 18.3 Å². The molecule has 4 N–H and O–H groups in total. The van der Waals surface area contributed by atoms with Crippen molar-refractivity contribution >= 4 is 0 Å². The molecule has 1 aromatic rings. The lowest BCUT2D eigenvalue weighted by atomic mass is 10.0. The van der Waals surface area contributed by atoms with Crippen molar-refractivity contribution in [3.63, 3.8) is 0 Å². The third-order valence-electron chi connectivity index (χ3n) is 3.29. The van der Waals surface area contributed by atoms with E-state index in [1.54, 1.807) is 0 Å². The highest BCUT2D eigenvalue weighted by Gasteiger charge is 2.25. The van der Waals surface area contributed by atoms with Crippen LogP contribution in [-0.2, 0) is 0 Å². The van der Waals surface area contributed by atoms with Gasteiger partial charge in [-0.25, -0.2) is 4.39 Å². The standard InChI is InChI=1S/C14H20FNO3/c15-10-3-4-13(19-8-9-1-2-9)11(7-10)14(18)12(17)5-6-16/h3-4,7,9,12,14,17-18H,1-2,5-6,8,16H2. The van der Waals surface area contributed by atoms with E-state index in [9.17, 15) is 14.6 Å². The summed E-state index contributed by atoms with van der Waals surface area (Å²) in [6.45, 7) is 0.824. The smallest absolute Gasteiger partial charge is 0.125 e. The number of benzene rings is 1. The van der Waals surface area contributed by atoms with Crippen molar-refractivity contribution in [2.45, 2.75) is 31.5 Å². The van der Waals surface area contributed by atoms with Crippen LogP contribution >= 0.6 is 0 Å². The van der Waals surface area contributed by atoms with E-state index in [1.807, 2.05) is 0 Å². The van der Waals surface area contributed by atoms with Gasteiger partial charge in [-0.05, 0) is 49.9 Å². The van der Waals surface area contributed by atoms with Crippen molar-refractivity contribution < 1.29 is 19.3 Å². The highest BCUT2D eigenvalue weighted by atomic mass is 19.1. The minimum absolute atomic E-state index is 0.250. The first kappa shape index (κ1) is 14.2. The third-order valence-corrected chi connectivity index (χ3v) is 3.29. The highest BCUT2D eigenvalue weighted by molar-refractivity contribution is 5.36. The molecule has 0 heterocycles. The van der Waals surface area contributed by atoms with Gasteiger partial charge in [0.05, 0.1) is 12.7 Å². The maximum Gasteiger partial charge on any atom is 0.125 e. The van der Waals surface area contributed by atoms with Crippen LogP contribution in [0.5, 0.6) is 5.75 Å². The molecular weight excluding hydrogens is 249 g/mol. The van der Waals surface area contributed by atoms with Gasteiger partial charge in [0.15, 0.2) is 0 Å². The summed E-state index contributed by atoms with van der Waals surface area (Å²) < 4.78 is 18.9. The Morgan fingerprint density at radius 1 is 1.37 bits per heavy atom. The molecule has 0 radical (unpaired) electrons. The molecular formula is C14H20FNO3. The summed E-state index contributed by atoms with van der Waals surface area (Å²) >= 11 is 0. The molecule has 2 rings (SSSR count). The van der Waals surface area contributed by atoms with Crippen LogP contribution in [0.25, 0.3) is 0 Å². The average Bonchev–Trinajstić information content (AvgIpc) is 3.20. The zero-order valence-electron chi connectivity index (χ0n) is 10.8. The predicted octanol–water partition coefficient (Wildman–Crippen LogP) is 1.36. The van der Waals surface area contributed by atoms with Crippen LogP contribution in [0.1, 0.15) is 30.9 Å². The molecule has 1 aliphatic rings. The van der Waals surface area contributed by atoms with E-state index >= 15 is 0 Å². The maximum absolute atomic E-state index is 13.3. The SMILES string of the molecule is NCCC(O)C(O)c1cc(F)ccc1OCC1CC1. The molecule has 106 valence electrons. The lowest BCUT2D eigenvalue weighted by Gasteiger charge is -2.20. The Labute approximate surface area is 112 Å². The molecule has 1 aliphatic carbocycles. The topological polar surface area (TPSA) is 75.7 Å². The number of hydrogen-bond donors (Lipinski definition) is 3. The van der Waals surface area contributed by atoms with Crippen molar-refractivity contribution in [2.24, 2.45) is 11.7 Å². The summed E-state index contributed by atoms with van der Waals surface area (Å²) in [7, 11) is 0. The lowest BCUT2D eigenvalue weighted by Crippen LogP contribution is -2.22. The number of aliphatic hydroxyl groups excluding tert-OH is 2. The molecule has 0 spiro atoms. The lowest BCUT2D eigenvalue weighted by molar-refractivity contribution is 0.0131. The average molecular weight is 269 g/mol. The molecule has 2 atom stereocenters. The fourth-order valence-corrected chi connectivity index (χ4v) is 1.91. The van der Waals surface area contributed by atoms with Crippen LogP contribution in [0.15, 0.2) is 18.2 Å². The molecule has 1 fully saturated rings. The zero-order valence-corrected chi connectivity index (χ0v) is 10.8. The monoisotopic (exact) mass is 269 g/mol. The Balaban J connectivity index is 2.12. The number of halogens is 1. The van der Waals surface area contributed by atoms with E-state index in [4.69, 9.17) is 10.5 Å².